The van der Waals surface area contributed by atoms with E-state index in [4.69, 9.17) is 0 Å². The van der Waals surface area contributed by atoms with Crippen molar-refractivity contribution in [1.82, 2.24) is 34.1 Å². The predicted molar refractivity (Wildman–Crippen MR) is 112 cm³/mol. The van der Waals surface area contributed by atoms with Gasteiger partial charge in [0.05, 0.1) is 23.3 Å². The Morgan fingerprint density at radius 3 is 2.57 bits per heavy atom. The second-order valence-electron chi connectivity index (χ2n) is 6.04. The van der Waals surface area contributed by atoms with Crippen molar-refractivity contribution >= 4 is 58.7 Å². The molecule has 1 N–H and O–H groups in total. The summed E-state index contributed by atoms with van der Waals surface area (Å²) in [6.07, 6.45) is 7.40. The van der Waals surface area contributed by atoms with Crippen LogP contribution < -0.4 is 0 Å². The molecule has 136 valence electrons. The van der Waals surface area contributed by atoms with Crippen molar-refractivity contribution in [3.8, 4) is 0 Å². The van der Waals surface area contributed by atoms with Gasteiger partial charge in [-0.2, -0.15) is 4.98 Å². The van der Waals surface area contributed by atoms with E-state index in [0.29, 0.717) is 28.8 Å². The van der Waals surface area contributed by atoms with E-state index in [1.165, 1.54) is 11.9 Å². The third-order valence-electron chi connectivity index (χ3n) is 3.99. The Morgan fingerprint density at radius 2 is 1.75 bits per heavy atom. The van der Waals surface area contributed by atoms with Gasteiger partial charge in [-0.25, -0.2) is 18.9 Å². The molecule has 0 radical (unpaired) electrons. The van der Waals surface area contributed by atoms with Gasteiger partial charge in [0.2, 0.25) is 0 Å². The molecule has 0 fully saturated rings. The van der Waals surface area contributed by atoms with Gasteiger partial charge >= 0.3 is 0 Å². The van der Waals surface area contributed by atoms with Crippen LogP contribution in [0.5, 0.6) is 0 Å². The van der Waals surface area contributed by atoms with Crippen LogP contribution in [0.4, 0.5) is 5.95 Å². The fourth-order valence-corrected chi connectivity index (χ4v) is 3.47. The molecule has 0 unspecified atom stereocenters. The summed E-state index contributed by atoms with van der Waals surface area (Å²) in [6, 6.07) is 9.75. The number of hydrogen-bond donors (Lipinski definition) is 1. The Balaban J connectivity index is 1.83. The number of hydrogen-bond acceptors (Lipinski definition) is 7. The van der Waals surface area contributed by atoms with Crippen molar-refractivity contribution in [2.24, 2.45) is 4.99 Å². The van der Waals surface area contributed by atoms with E-state index in [9.17, 15) is 0 Å². The van der Waals surface area contributed by atoms with Crippen LogP contribution in [0, 0.1) is 0 Å². The first kappa shape index (κ1) is 16.6. The Hall–Kier alpha value is -3.59. The zero-order chi connectivity index (χ0) is 18.9. The summed E-state index contributed by atoms with van der Waals surface area (Å²) < 4.78 is 1.83. The van der Waals surface area contributed by atoms with Crippen LogP contribution in [0.2, 0.25) is 0 Å². The maximum absolute atomic E-state index is 4.63. The molecule has 2 aliphatic heterocycles. The summed E-state index contributed by atoms with van der Waals surface area (Å²) in [7, 11) is 0. The minimum absolute atomic E-state index is 0.338. The molecule has 9 heteroatoms. The Labute approximate surface area is 164 Å². The van der Waals surface area contributed by atoms with Crippen LogP contribution in [0.3, 0.4) is 0 Å². The summed E-state index contributed by atoms with van der Waals surface area (Å²) in [5.74, 6) is 1.44. The summed E-state index contributed by atoms with van der Waals surface area (Å²) in [4.78, 5) is 21.1. The molecule has 0 atom stereocenters. The van der Waals surface area contributed by atoms with Gasteiger partial charge in [-0.3, -0.25) is 0 Å². The van der Waals surface area contributed by atoms with E-state index in [2.05, 4.69) is 41.7 Å². The van der Waals surface area contributed by atoms with Gasteiger partial charge < -0.3 is 4.98 Å². The molecule has 0 saturated heterocycles. The molecule has 5 heterocycles. The van der Waals surface area contributed by atoms with Gasteiger partial charge in [0.15, 0.2) is 5.65 Å². The fraction of sp³-hybridized carbons (Fsp3) is 0.0526. The van der Waals surface area contributed by atoms with E-state index in [1.54, 1.807) is 6.21 Å². The second kappa shape index (κ2) is 6.86. The highest BCUT2D eigenvalue weighted by Gasteiger charge is 2.08. The van der Waals surface area contributed by atoms with E-state index >= 15 is 0 Å². The number of aliphatic imine (C=N–C) groups is 1. The number of aromatic nitrogens is 7. The second-order valence-corrected chi connectivity index (χ2v) is 7.00. The molecular formula is C19H14N8S. The molecule has 0 amide bonds. The molecule has 0 spiro atoms. The molecule has 28 heavy (non-hydrogen) atoms. The highest BCUT2D eigenvalue weighted by Crippen LogP contribution is 2.18. The van der Waals surface area contributed by atoms with E-state index in [1.807, 2.05) is 52.5 Å². The molecular weight excluding hydrogens is 372 g/mol. The minimum atomic E-state index is 0.338. The lowest BCUT2D eigenvalue weighted by molar-refractivity contribution is 1.10. The van der Waals surface area contributed by atoms with E-state index < -0.39 is 0 Å². The van der Waals surface area contributed by atoms with Gasteiger partial charge in [0.1, 0.15) is 0 Å². The van der Waals surface area contributed by atoms with Crippen molar-refractivity contribution in [3.63, 3.8) is 0 Å². The van der Waals surface area contributed by atoms with Crippen molar-refractivity contribution in [2.45, 2.75) is 0 Å². The first-order valence-corrected chi connectivity index (χ1v) is 9.49. The maximum atomic E-state index is 4.63. The van der Waals surface area contributed by atoms with Crippen molar-refractivity contribution in [1.29, 1.82) is 0 Å². The molecule has 0 aliphatic carbocycles. The molecule has 0 aromatic carbocycles. The molecule has 5 rings (SSSR count). The van der Waals surface area contributed by atoms with E-state index in [0.717, 1.165) is 22.4 Å². The lowest BCUT2D eigenvalue weighted by Gasteiger charge is -1.98. The number of nitrogens with zero attached hydrogens (tertiary/aromatic N) is 7. The van der Waals surface area contributed by atoms with Crippen LogP contribution >= 0.6 is 11.9 Å². The lowest BCUT2D eigenvalue weighted by atomic mass is 10.3. The monoisotopic (exact) mass is 386 g/mol. The normalized spacial score (nSPS) is 12.4. The molecule has 3 aromatic rings. The largest absolute Gasteiger partial charge is 0.355 e. The maximum Gasteiger partial charge on any atom is 0.264 e. The smallest absolute Gasteiger partial charge is 0.264 e. The topological polar surface area (TPSA) is 97.5 Å². The third-order valence-corrected chi connectivity index (χ3v) is 4.99. The van der Waals surface area contributed by atoms with Crippen LogP contribution in [0.15, 0.2) is 48.0 Å². The minimum Gasteiger partial charge on any atom is -0.355 e. The fourth-order valence-electron chi connectivity index (χ4n) is 2.80. The van der Waals surface area contributed by atoms with Crippen molar-refractivity contribution in [3.05, 3.63) is 60.1 Å². The highest BCUT2D eigenvalue weighted by atomic mass is 32.2. The molecule has 8 bridgehead atoms. The summed E-state index contributed by atoms with van der Waals surface area (Å²) in [5.41, 5.74) is 4.89. The van der Waals surface area contributed by atoms with Gasteiger partial charge in [-0.05, 0) is 48.4 Å². The Morgan fingerprint density at radius 1 is 0.964 bits per heavy atom. The number of aromatic amines is 1. The Kier molecular flexibility index (Phi) is 4.06. The zero-order valence-electron chi connectivity index (χ0n) is 14.6. The quantitative estimate of drug-likeness (QED) is 0.476. The molecule has 0 saturated carbocycles. The number of H-pyrrole nitrogens is 1. The standard InChI is InChI=1S/C19H14N8S/c1-2-7-28-27-17-10-15-6-5-13(22-15)8-12-3-4-14(21-12)9-16-11-20-18(23-16)24-19(27)26-25-17/h2-6,8-11,21H,1,7H2. The molecule has 2 aliphatic rings. The molecule has 3 aromatic heterocycles. The third kappa shape index (κ3) is 3.23. The highest BCUT2D eigenvalue weighted by molar-refractivity contribution is 7.98. The number of nitrogens with one attached hydrogen (secondary N) is 1. The summed E-state index contributed by atoms with van der Waals surface area (Å²) in [5, 5.41) is 8.45. The van der Waals surface area contributed by atoms with Crippen molar-refractivity contribution < 1.29 is 0 Å². The lowest BCUT2D eigenvalue weighted by Crippen LogP contribution is -1.90. The van der Waals surface area contributed by atoms with Crippen LogP contribution in [-0.4, -0.2) is 46.1 Å². The SMILES string of the molecule is C=CCSn1c2cc3nc(cc4ccc(cc5nc(nc1nn2)N=C5)[nH]4)C=C3. The first-order valence-electron chi connectivity index (χ1n) is 8.55. The molecule has 8 nitrogen and oxygen atoms in total. The first-order chi connectivity index (χ1) is 13.8. The van der Waals surface area contributed by atoms with Gasteiger partial charge in [-0.15, -0.1) is 16.8 Å². The van der Waals surface area contributed by atoms with E-state index in [-0.39, 0.29) is 0 Å². The average molecular weight is 386 g/mol. The number of rotatable bonds is 3. The number of fused-ring (bicyclic) bond motifs is 8. The summed E-state index contributed by atoms with van der Waals surface area (Å²) in [6.45, 7) is 3.77. The van der Waals surface area contributed by atoms with Crippen LogP contribution in [0.1, 0.15) is 17.1 Å². The van der Waals surface area contributed by atoms with Crippen molar-refractivity contribution in [2.75, 3.05) is 5.75 Å². The predicted octanol–water partition coefficient (Wildman–Crippen LogP) is 3.58. The van der Waals surface area contributed by atoms with Gasteiger partial charge in [-0.1, -0.05) is 6.08 Å². The van der Waals surface area contributed by atoms with Crippen LogP contribution in [-0.2, 0) is 0 Å². The Bertz CT molecular complexity index is 1210. The summed E-state index contributed by atoms with van der Waals surface area (Å²) >= 11 is 1.49. The van der Waals surface area contributed by atoms with Crippen LogP contribution in [0.25, 0.3) is 34.6 Å². The van der Waals surface area contributed by atoms with Gasteiger partial charge in [0.25, 0.3) is 11.7 Å². The zero-order valence-corrected chi connectivity index (χ0v) is 15.5. The van der Waals surface area contributed by atoms with Gasteiger partial charge in [0, 0.05) is 22.9 Å². The average Bonchev–Trinajstić information content (AvgIpc) is 3.46.